The van der Waals surface area contributed by atoms with Crippen LogP contribution in [0, 0.1) is 0 Å². The normalized spacial score (nSPS) is 14.9. The standard InChI is InChI=1S/C12H14O4/c1-2-12(15)16-7-3-4-9-8-10(13)5-6-11(9)14/h5-6,8H,2-4,7H2,1H3. The van der Waals surface area contributed by atoms with Crippen molar-refractivity contribution >= 4 is 17.5 Å². The lowest BCUT2D eigenvalue weighted by Gasteiger charge is -2.07. The summed E-state index contributed by atoms with van der Waals surface area (Å²) in [5.41, 5.74) is 0.486. The zero-order valence-electron chi connectivity index (χ0n) is 9.19. The van der Waals surface area contributed by atoms with Gasteiger partial charge in [0, 0.05) is 12.0 Å². The van der Waals surface area contributed by atoms with Crippen LogP contribution >= 0.6 is 0 Å². The van der Waals surface area contributed by atoms with Crippen molar-refractivity contribution < 1.29 is 19.1 Å². The second-order valence-corrected chi connectivity index (χ2v) is 3.45. The Labute approximate surface area is 94.0 Å². The number of esters is 1. The number of ether oxygens (including phenoxy) is 1. The van der Waals surface area contributed by atoms with E-state index in [2.05, 4.69) is 0 Å². The number of carbonyl (C=O) groups is 3. The van der Waals surface area contributed by atoms with Crippen LogP contribution in [0.5, 0.6) is 0 Å². The third-order valence-corrected chi connectivity index (χ3v) is 2.17. The van der Waals surface area contributed by atoms with Gasteiger partial charge in [-0.3, -0.25) is 14.4 Å². The Hall–Kier alpha value is -1.71. The molecular weight excluding hydrogens is 208 g/mol. The van der Waals surface area contributed by atoms with Crippen LogP contribution in [0.3, 0.4) is 0 Å². The van der Waals surface area contributed by atoms with Crippen molar-refractivity contribution in [2.24, 2.45) is 0 Å². The van der Waals surface area contributed by atoms with Crippen molar-refractivity contribution in [2.75, 3.05) is 6.61 Å². The summed E-state index contributed by atoms with van der Waals surface area (Å²) in [5.74, 6) is -0.554. The van der Waals surface area contributed by atoms with Gasteiger partial charge < -0.3 is 4.74 Å². The van der Waals surface area contributed by atoms with E-state index in [1.54, 1.807) is 6.92 Å². The van der Waals surface area contributed by atoms with Crippen molar-refractivity contribution in [3.63, 3.8) is 0 Å². The third-order valence-electron chi connectivity index (χ3n) is 2.17. The van der Waals surface area contributed by atoms with Gasteiger partial charge in [0.1, 0.15) is 0 Å². The minimum Gasteiger partial charge on any atom is -0.466 e. The molecule has 1 aliphatic rings. The smallest absolute Gasteiger partial charge is 0.305 e. The minimum absolute atomic E-state index is 0.138. The number of ketones is 2. The van der Waals surface area contributed by atoms with Crippen LogP contribution in [0.4, 0.5) is 0 Å². The summed E-state index contributed by atoms with van der Waals surface area (Å²) in [6.07, 6.45) is 5.24. The molecule has 4 nitrogen and oxygen atoms in total. The molecule has 1 rings (SSSR count). The highest BCUT2D eigenvalue weighted by Gasteiger charge is 2.12. The topological polar surface area (TPSA) is 60.4 Å². The molecule has 0 aromatic heterocycles. The molecule has 0 aliphatic heterocycles. The SMILES string of the molecule is CCC(=O)OCCCC1=CC(=O)C=CC1=O. The van der Waals surface area contributed by atoms with E-state index in [0.717, 1.165) is 0 Å². The molecule has 0 radical (unpaired) electrons. The number of hydrogen-bond acceptors (Lipinski definition) is 4. The van der Waals surface area contributed by atoms with Crippen LogP contribution in [-0.2, 0) is 19.1 Å². The number of carbonyl (C=O) groups excluding carboxylic acids is 3. The Balaban J connectivity index is 2.30. The van der Waals surface area contributed by atoms with Crippen molar-refractivity contribution in [2.45, 2.75) is 26.2 Å². The Bertz CT molecular complexity index is 363. The molecular formula is C12H14O4. The third kappa shape index (κ3) is 3.81. The second kappa shape index (κ2) is 6.00. The largest absolute Gasteiger partial charge is 0.466 e. The molecule has 0 unspecified atom stereocenters. The fourth-order valence-electron chi connectivity index (χ4n) is 1.30. The lowest BCUT2D eigenvalue weighted by atomic mass is 10.00. The summed E-state index contributed by atoms with van der Waals surface area (Å²) in [4.78, 5) is 33.1. The van der Waals surface area contributed by atoms with E-state index in [-0.39, 0.29) is 24.1 Å². The van der Waals surface area contributed by atoms with Crippen LogP contribution < -0.4 is 0 Å². The lowest BCUT2D eigenvalue weighted by molar-refractivity contribution is -0.143. The van der Waals surface area contributed by atoms with Gasteiger partial charge in [0.15, 0.2) is 11.6 Å². The molecule has 86 valence electrons. The predicted molar refractivity (Wildman–Crippen MR) is 57.7 cm³/mol. The maximum Gasteiger partial charge on any atom is 0.305 e. The minimum atomic E-state index is -0.250. The monoisotopic (exact) mass is 222 g/mol. The van der Waals surface area contributed by atoms with Gasteiger partial charge in [0.2, 0.25) is 0 Å². The van der Waals surface area contributed by atoms with Gasteiger partial charge in [-0.05, 0) is 31.1 Å². The van der Waals surface area contributed by atoms with Crippen LogP contribution in [0.15, 0.2) is 23.8 Å². The summed E-state index contributed by atoms with van der Waals surface area (Å²) in [7, 11) is 0. The molecule has 0 fully saturated rings. The maximum atomic E-state index is 11.3. The summed E-state index contributed by atoms with van der Waals surface area (Å²) in [6, 6.07) is 0. The summed E-state index contributed by atoms with van der Waals surface area (Å²) >= 11 is 0. The fourth-order valence-corrected chi connectivity index (χ4v) is 1.30. The molecule has 0 amide bonds. The van der Waals surface area contributed by atoms with Gasteiger partial charge in [-0.15, -0.1) is 0 Å². The first-order valence-electron chi connectivity index (χ1n) is 5.26. The molecule has 0 aromatic rings. The second-order valence-electron chi connectivity index (χ2n) is 3.45. The van der Waals surface area contributed by atoms with Gasteiger partial charge in [0.05, 0.1) is 6.61 Å². The predicted octanol–water partition coefficient (Wildman–Crippen LogP) is 1.35. The van der Waals surface area contributed by atoms with E-state index < -0.39 is 0 Å². The summed E-state index contributed by atoms with van der Waals surface area (Å²) in [6.45, 7) is 2.01. The first-order chi connectivity index (χ1) is 7.63. The summed E-state index contributed by atoms with van der Waals surface area (Å²) < 4.78 is 4.86. The molecule has 4 heteroatoms. The van der Waals surface area contributed by atoms with Crippen molar-refractivity contribution in [1.82, 2.24) is 0 Å². The van der Waals surface area contributed by atoms with Crippen LogP contribution in [0.1, 0.15) is 26.2 Å². The molecule has 0 heterocycles. The Kier molecular flexibility index (Phi) is 4.64. The molecule has 0 saturated carbocycles. The van der Waals surface area contributed by atoms with E-state index in [0.29, 0.717) is 24.8 Å². The zero-order valence-corrected chi connectivity index (χ0v) is 9.19. The van der Waals surface area contributed by atoms with Gasteiger partial charge in [-0.2, -0.15) is 0 Å². The van der Waals surface area contributed by atoms with Crippen molar-refractivity contribution in [1.29, 1.82) is 0 Å². The van der Waals surface area contributed by atoms with Crippen LogP contribution in [0.2, 0.25) is 0 Å². The van der Waals surface area contributed by atoms with E-state index in [1.165, 1.54) is 18.2 Å². The molecule has 1 aliphatic carbocycles. The highest BCUT2D eigenvalue weighted by atomic mass is 16.5. The number of hydrogen-bond donors (Lipinski definition) is 0. The van der Waals surface area contributed by atoms with Gasteiger partial charge in [0.25, 0.3) is 0 Å². The molecule has 0 bridgehead atoms. The highest BCUT2D eigenvalue weighted by Crippen LogP contribution is 2.11. The van der Waals surface area contributed by atoms with Gasteiger partial charge in [-0.25, -0.2) is 0 Å². The molecule has 0 spiro atoms. The number of allylic oxidation sites excluding steroid dienone is 4. The Morgan fingerprint density at radius 2 is 2.06 bits per heavy atom. The molecule has 0 aromatic carbocycles. The first-order valence-corrected chi connectivity index (χ1v) is 5.26. The lowest BCUT2D eigenvalue weighted by Crippen LogP contribution is -2.09. The average Bonchev–Trinajstić information content (AvgIpc) is 2.28. The summed E-state index contributed by atoms with van der Waals surface area (Å²) in [5, 5.41) is 0. The Morgan fingerprint density at radius 1 is 1.31 bits per heavy atom. The molecule has 16 heavy (non-hydrogen) atoms. The molecule has 0 N–H and O–H groups in total. The average molecular weight is 222 g/mol. The van der Waals surface area contributed by atoms with Crippen molar-refractivity contribution in [3.05, 3.63) is 23.8 Å². The first kappa shape index (κ1) is 12.4. The molecule has 0 saturated heterocycles. The quantitative estimate of drug-likeness (QED) is 0.400. The van der Waals surface area contributed by atoms with Gasteiger partial charge >= 0.3 is 5.97 Å². The number of rotatable bonds is 5. The fraction of sp³-hybridized carbons (Fsp3) is 0.417. The Morgan fingerprint density at radius 3 is 2.75 bits per heavy atom. The van der Waals surface area contributed by atoms with E-state index in [4.69, 9.17) is 4.74 Å². The van der Waals surface area contributed by atoms with E-state index in [9.17, 15) is 14.4 Å². The van der Waals surface area contributed by atoms with E-state index >= 15 is 0 Å². The van der Waals surface area contributed by atoms with E-state index in [1.807, 2.05) is 0 Å². The van der Waals surface area contributed by atoms with Crippen LogP contribution in [-0.4, -0.2) is 24.1 Å². The highest BCUT2D eigenvalue weighted by molar-refractivity contribution is 6.17. The molecule has 0 atom stereocenters. The zero-order chi connectivity index (χ0) is 12.0. The van der Waals surface area contributed by atoms with Gasteiger partial charge in [-0.1, -0.05) is 6.92 Å². The van der Waals surface area contributed by atoms with Crippen molar-refractivity contribution in [3.8, 4) is 0 Å². The maximum absolute atomic E-state index is 11.3. The van der Waals surface area contributed by atoms with Crippen LogP contribution in [0.25, 0.3) is 0 Å².